The maximum atomic E-state index is 13.9. The van der Waals surface area contributed by atoms with Crippen molar-refractivity contribution < 1.29 is 18.3 Å². The van der Waals surface area contributed by atoms with Gasteiger partial charge in [0, 0.05) is 23.7 Å². The van der Waals surface area contributed by atoms with Crippen LogP contribution < -0.4 is 15.8 Å². The Kier molecular flexibility index (Phi) is 5.64. The fraction of sp³-hybridized carbons (Fsp3) is 0.188. The molecule has 4 nitrogen and oxygen atoms in total. The number of anilines is 1. The van der Waals surface area contributed by atoms with E-state index < -0.39 is 23.6 Å². The second kappa shape index (κ2) is 7.34. The molecule has 0 saturated heterocycles. The van der Waals surface area contributed by atoms with Crippen LogP contribution in [-0.2, 0) is 0 Å². The summed E-state index contributed by atoms with van der Waals surface area (Å²) in [5, 5.41) is 2.47. The van der Waals surface area contributed by atoms with Crippen molar-refractivity contribution in [3.8, 4) is 5.75 Å². The first kappa shape index (κ1) is 18.4. The zero-order valence-electron chi connectivity index (χ0n) is 12.3. The molecule has 1 heterocycles. The molecule has 1 aliphatic rings. The Balaban J connectivity index is 0.00000208. The van der Waals surface area contributed by atoms with E-state index in [0.29, 0.717) is 18.7 Å². The lowest BCUT2D eigenvalue weighted by Gasteiger charge is -2.25. The van der Waals surface area contributed by atoms with Crippen molar-refractivity contribution in [1.82, 2.24) is 0 Å². The van der Waals surface area contributed by atoms with E-state index in [1.54, 1.807) is 0 Å². The van der Waals surface area contributed by atoms with Crippen LogP contribution in [-0.4, -0.2) is 12.5 Å². The minimum absolute atomic E-state index is 0. The molecule has 3 N–H and O–H groups in total. The third-order valence-electron chi connectivity index (χ3n) is 3.61. The average Bonchev–Trinajstić information content (AvgIpc) is 2.51. The van der Waals surface area contributed by atoms with Crippen molar-refractivity contribution in [3.05, 3.63) is 58.1 Å². The van der Waals surface area contributed by atoms with Gasteiger partial charge in [-0.25, -0.2) is 8.78 Å². The van der Waals surface area contributed by atoms with Gasteiger partial charge in [0.2, 0.25) is 0 Å². The number of carbonyl (C=O) groups excluding carboxylic acids is 1. The molecule has 3 rings (SSSR count). The summed E-state index contributed by atoms with van der Waals surface area (Å²) in [5.41, 5.74) is 6.57. The molecule has 0 saturated carbocycles. The molecule has 1 unspecified atom stereocenters. The number of benzene rings is 2. The van der Waals surface area contributed by atoms with Crippen molar-refractivity contribution >= 4 is 35.6 Å². The van der Waals surface area contributed by atoms with Gasteiger partial charge in [-0.05, 0) is 30.3 Å². The fourth-order valence-electron chi connectivity index (χ4n) is 2.46. The molecule has 2 aromatic carbocycles. The summed E-state index contributed by atoms with van der Waals surface area (Å²) in [6, 6.07) is 5.79. The number of hydrogen-bond acceptors (Lipinski definition) is 3. The van der Waals surface area contributed by atoms with Gasteiger partial charge in [-0.1, -0.05) is 11.6 Å². The number of hydrogen-bond donors (Lipinski definition) is 2. The van der Waals surface area contributed by atoms with Crippen molar-refractivity contribution in [2.75, 3.05) is 11.9 Å². The predicted octanol–water partition coefficient (Wildman–Crippen LogP) is 4.07. The largest absolute Gasteiger partial charge is 0.492 e. The van der Waals surface area contributed by atoms with Gasteiger partial charge >= 0.3 is 0 Å². The lowest BCUT2D eigenvalue weighted by atomic mass is 9.97. The lowest BCUT2D eigenvalue weighted by Crippen LogP contribution is -2.25. The van der Waals surface area contributed by atoms with Gasteiger partial charge in [-0.2, -0.15) is 0 Å². The highest BCUT2D eigenvalue weighted by Gasteiger charge is 2.27. The molecule has 1 aliphatic heterocycles. The number of halogens is 4. The van der Waals surface area contributed by atoms with E-state index in [1.165, 1.54) is 24.3 Å². The van der Waals surface area contributed by atoms with Crippen LogP contribution in [0.25, 0.3) is 0 Å². The first-order chi connectivity index (χ1) is 11.0. The molecule has 0 fully saturated rings. The van der Waals surface area contributed by atoms with Gasteiger partial charge in [0.15, 0.2) is 0 Å². The molecule has 1 amide bonds. The SMILES string of the molecule is Cl.NC1CCOc2c(C(=O)Nc3ccc(F)c(Cl)c3)ccc(F)c21. The number of fused-ring (bicyclic) bond motifs is 1. The van der Waals surface area contributed by atoms with E-state index in [1.807, 2.05) is 0 Å². The molecule has 0 aliphatic carbocycles. The minimum atomic E-state index is -0.585. The second-order valence-electron chi connectivity index (χ2n) is 5.16. The Bertz CT molecular complexity index is 787. The van der Waals surface area contributed by atoms with Crippen molar-refractivity contribution in [2.45, 2.75) is 12.5 Å². The minimum Gasteiger partial charge on any atom is -0.492 e. The van der Waals surface area contributed by atoms with Crippen LogP contribution in [0.4, 0.5) is 14.5 Å². The Morgan fingerprint density at radius 1 is 1.25 bits per heavy atom. The van der Waals surface area contributed by atoms with Crippen LogP contribution in [0.5, 0.6) is 5.75 Å². The molecule has 2 aromatic rings. The zero-order chi connectivity index (χ0) is 16.6. The normalized spacial score (nSPS) is 15.8. The van der Waals surface area contributed by atoms with Gasteiger partial charge < -0.3 is 15.8 Å². The number of ether oxygens (including phenoxy) is 1. The van der Waals surface area contributed by atoms with Gasteiger partial charge in [0.1, 0.15) is 17.4 Å². The number of carbonyl (C=O) groups is 1. The molecule has 0 spiro atoms. The highest BCUT2D eigenvalue weighted by atomic mass is 35.5. The Morgan fingerprint density at radius 2 is 1.96 bits per heavy atom. The summed E-state index contributed by atoms with van der Waals surface area (Å²) in [6.45, 7) is 0.306. The molecule has 24 heavy (non-hydrogen) atoms. The van der Waals surface area contributed by atoms with Crippen molar-refractivity contribution in [1.29, 1.82) is 0 Å². The van der Waals surface area contributed by atoms with Crippen LogP contribution in [0, 0.1) is 11.6 Å². The molecule has 1 atom stereocenters. The third kappa shape index (κ3) is 3.45. The quantitative estimate of drug-likeness (QED) is 0.832. The molecule has 0 radical (unpaired) electrons. The first-order valence-corrected chi connectivity index (χ1v) is 7.32. The van der Waals surface area contributed by atoms with Gasteiger partial charge in [0.25, 0.3) is 5.91 Å². The number of amides is 1. The van der Waals surface area contributed by atoms with Crippen molar-refractivity contribution in [3.63, 3.8) is 0 Å². The monoisotopic (exact) mass is 374 g/mol. The summed E-state index contributed by atoms with van der Waals surface area (Å²) >= 11 is 5.68. The van der Waals surface area contributed by atoms with E-state index in [2.05, 4.69) is 5.32 Å². The van der Waals surface area contributed by atoms with Crippen LogP contribution in [0.2, 0.25) is 5.02 Å². The molecular weight excluding hydrogens is 361 g/mol. The van der Waals surface area contributed by atoms with Gasteiger partial charge in [-0.3, -0.25) is 4.79 Å². The van der Waals surface area contributed by atoms with E-state index in [-0.39, 0.29) is 34.3 Å². The van der Waals surface area contributed by atoms with Crippen LogP contribution in [0.15, 0.2) is 30.3 Å². The molecule has 0 bridgehead atoms. The highest BCUT2D eigenvalue weighted by Crippen LogP contribution is 2.36. The van der Waals surface area contributed by atoms with Crippen LogP contribution in [0.3, 0.4) is 0 Å². The smallest absolute Gasteiger partial charge is 0.259 e. The zero-order valence-corrected chi connectivity index (χ0v) is 13.9. The topological polar surface area (TPSA) is 64.3 Å². The average molecular weight is 375 g/mol. The maximum absolute atomic E-state index is 13.9. The van der Waals surface area contributed by atoms with E-state index in [0.717, 1.165) is 6.07 Å². The number of nitrogens with one attached hydrogen (secondary N) is 1. The van der Waals surface area contributed by atoms with Crippen molar-refractivity contribution in [2.24, 2.45) is 5.73 Å². The summed E-state index contributed by atoms with van der Waals surface area (Å²) in [6.07, 6.45) is 0.475. The first-order valence-electron chi connectivity index (χ1n) is 6.94. The van der Waals surface area contributed by atoms with E-state index >= 15 is 0 Å². The molecule has 8 heteroatoms. The van der Waals surface area contributed by atoms with E-state index in [9.17, 15) is 13.6 Å². The summed E-state index contributed by atoms with van der Waals surface area (Å²) in [4.78, 5) is 12.4. The Hall–Kier alpha value is -1.89. The maximum Gasteiger partial charge on any atom is 0.259 e. The Morgan fingerprint density at radius 3 is 2.67 bits per heavy atom. The highest BCUT2D eigenvalue weighted by molar-refractivity contribution is 6.31. The number of rotatable bonds is 2. The predicted molar refractivity (Wildman–Crippen MR) is 90.1 cm³/mol. The summed E-state index contributed by atoms with van der Waals surface area (Å²) in [5.74, 6) is -1.46. The van der Waals surface area contributed by atoms with Gasteiger partial charge in [-0.15, -0.1) is 12.4 Å². The fourth-order valence-corrected chi connectivity index (χ4v) is 2.64. The number of nitrogens with two attached hydrogens (primary N) is 1. The van der Waals surface area contributed by atoms with Gasteiger partial charge in [0.05, 0.1) is 17.2 Å². The molecule has 0 aromatic heterocycles. The standard InChI is InChI=1S/C16H13ClF2N2O2.ClH/c17-10-7-8(1-3-11(10)18)21-16(22)9-2-4-12(19)14-13(20)5-6-23-15(9)14;/h1-4,7,13H,5-6,20H2,(H,21,22);1H. The lowest BCUT2D eigenvalue weighted by molar-refractivity contribution is 0.102. The van der Waals surface area contributed by atoms with Crippen LogP contribution >= 0.6 is 24.0 Å². The summed E-state index contributed by atoms with van der Waals surface area (Å²) < 4.78 is 32.5. The third-order valence-corrected chi connectivity index (χ3v) is 3.90. The summed E-state index contributed by atoms with van der Waals surface area (Å²) in [7, 11) is 0. The molecular formula is C16H14Cl2F2N2O2. The second-order valence-corrected chi connectivity index (χ2v) is 5.57. The van der Waals surface area contributed by atoms with E-state index in [4.69, 9.17) is 22.1 Å². The Labute approximate surface area is 148 Å². The van der Waals surface area contributed by atoms with Crippen LogP contribution in [0.1, 0.15) is 28.4 Å². The molecule has 128 valence electrons.